The number of hydrogen-bond donors (Lipinski definition) is 0. The average Bonchev–Trinajstić information content (AvgIpc) is 3.71. The van der Waals surface area contributed by atoms with E-state index in [4.69, 9.17) is 14.8 Å². The molecule has 0 aliphatic heterocycles. The van der Waals surface area contributed by atoms with Crippen LogP contribution in [-0.2, 0) is 6.42 Å². The van der Waals surface area contributed by atoms with Crippen LogP contribution >= 0.6 is 0 Å². The number of aromatic nitrogens is 4. The summed E-state index contributed by atoms with van der Waals surface area (Å²) in [5, 5.41) is 7.25. The van der Waals surface area contributed by atoms with Crippen molar-refractivity contribution in [3.8, 4) is 34.1 Å². The van der Waals surface area contributed by atoms with Crippen LogP contribution in [0.1, 0.15) is 88.5 Å². The number of aryl methyl sites for hydroxylation is 1. The molecule has 0 unspecified atom stereocenters. The molecule has 0 N–H and O–H groups in total. The maximum atomic E-state index is 6.69. The Morgan fingerprint density at radius 1 is 0.688 bits per heavy atom. The number of ether oxygens (including phenoxy) is 1. The molecule has 242 valence electrons. The van der Waals surface area contributed by atoms with Gasteiger partial charge in [-0.3, -0.25) is 4.57 Å². The third-order valence-electron chi connectivity index (χ3n) is 9.42. The van der Waals surface area contributed by atoms with Crippen molar-refractivity contribution >= 4 is 21.8 Å². The Bertz CT molecular complexity index is 2230. The first-order valence-corrected chi connectivity index (χ1v) is 17.2. The zero-order chi connectivity index (χ0) is 33.5. The lowest BCUT2D eigenvalue weighted by molar-refractivity contribution is 0.481. The van der Waals surface area contributed by atoms with Crippen LogP contribution < -0.4 is 4.74 Å². The Balaban J connectivity index is 1.30. The summed E-state index contributed by atoms with van der Waals surface area (Å²) >= 11 is 0. The van der Waals surface area contributed by atoms with Crippen LogP contribution in [0.15, 0.2) is 110 Å². The molecule has 0 radical (unpaired) electrons. The predicted octanol–water partition coefficient (Wildman–Crippen LogP) is 11.8. The number of nitrogens with zero attached hydrogens (tertiary/aromatic N) is 4. The number of benzene rings is 4. The van der Waals surface area contributed by atoms with E-state index in [2.05, 4.69) is 150 Å². The normalized spacial score (nSPS) is 11.9. The van der Waals surface area contributed by atoms with Crippen LogP contribution in [0.5, 0.6) is 11.5 Å². The highest BCUT2D eigenvalue weighted by Gasteiger charge is 2.19. The lowest BCUT2D eigenvalue weighted by atomic mass is 9.86. The molecule has 0 spiro atoms. The Labute approximate surface area is 283 Å². The number of hydrogen-bond acceptors (Lipinski definition) is 3. The Kier molecular flexibility index (Phi) is 8.38. The van der Waals surface area contributed by atoms with Crippen LogP contribution in [-0.4, -0.2) is 19.3 Å². The number of rotatable bonds is 9. The summed E-state index contributed by atoms with van der Waals surface area (Å²) in [5.41, 5.74) is 10.8. The first-order valence-electron chi connectivity index (χ1n) is 17.2. The summed E-state index contributed by atoms with van der Waals surface area (Å²) in [4.78, 5) is 4.79. The number of fused-ring (bicyclic) bond motifs is 3. The summed E-state index contributed by atoms with van der Waals surface area (Å²) in [6.45, 7) is 15.7. The molecule has 0 fully saturated rings. The third kappa shape index (κ3) is 5.79. The molecule has 5 heteroatoms. The van der Waals surface area contributed by atoms with E-state index in [1.54, 1.807) is 0 Å². The first-order chi connectivity index (χ1) is 23.2. The van der Waals surface area contributed by atoms with Crippen molar-refractivity contribution in [2.75, 3.05) is 0 Å². The van der Waals surface area contributed by atoms with Gasteiger partial charge in [0.05, 0.1) is 22.9 Å². The second-order valence-electron chi connectivity index (χ2n) is 13.7. The SMILES string of the molecule is CCc1ccnc(-n2c3ccccc3c3ccc(Oc4cc(C(C)C)cc(-n5cc(-c6c(C(C)C)cccc6C(C)C)cn5)c4)cc32)c1. The lowest BCUT2D eigenvalue weighted by Gasteiger charge is -2.18. The van der Waals surface area contributed by atoms with Gasteiger partial charge in [-0.05, 0) is 94.5 Å². The maximum absolute atomic E-state index is 6.69. The highest BCUT2D eigenvalue weighted by Crippen LogP contribution is 2.38. The van der Waals surface area contributed by atoms with E-state index >= 15 is 0 Å². The van der Waals surface area contributed by atoms with E-state index < -0.39 is 0 Å². The van der Waals surface area contributed by atoms with E-state index in [-0.39, 0.29) is 0 Å². The molecule has 7 aromatic rings. The van der Waals surface area contributed by atoms with Crippen LogP contribution in [0.4, 0.5) is 0 Å². The largest absolute Gasteiger partial charge is 0.457 e. The van der Waals surface area contributed by atoms with Crippen LogP contribution in [0.2, 0.25) is 0 Å². The molecule has 5 nitrogen and oxygen atoms in total. The molecule has 3 aromatic heterocycles. The monoisotopic (exact) mass is 632 g/mol. The van der Waals surface area contributed by atoms with Gasteiger partial charge in [0.1, 0.15) is 17.3 Å². The van der Waals surface area contributed by atoms with E-state index in [1.807, 2.05) is 17.1 Å². The van der Waals surface area contributed by atoms with Gasteiger partial charge >= 0.3 is 0 Å². The summed E-state index contributed by atoms with van der Waals surface area (Å²) in [7, 11) is 0. The maximum Gasteiger partial charge on any atom is 0.137 e. The Morgan fingerprint density at radius 3 is 2.17 bits per heavy atom. The minimum absolute atomic E-state index is 0.318. The van der Waals surface area contributed by atoms with Gasteiger partial charge in [0.25, 0.3) is 0 Å². The van der Waals surface area contributed by atoms with Gasteiger partial charge in [-0.2, -0.15) is 5.10 Å². The summed E-state index contributed by atoms with van der Waals surface area (Å²) in [6.07, 6.45) is 7.03. The molecule has 0 bridgehead atoms. The minimum Gasteiger partial charge on any atom is -0.457 e. The molecule has 4 aromatic carbocycles. The molecule has 0 aliphatic rings. The Hall–Kier alpha value is -5.16. The van der Waals surface area contributed by atoms with E-state index in [0.29, 0.717) is 17.8 Å². The molecule has 0 saturated carbocycles. The second kappa shape index (κ2) is 12.8. The van der Waals surface area contributed by atoms with Crippen LogP contribution in [0, 0.1) is 0 Å². The van der Waals surface area contributed by atoms with E-state index in [0.717, 1.165) is 46.0 Å². The zero-order valence-corrected chi connectivity index (χ0v) is 29.0. The van der Waals surface area contributed by atoms with Gasteiger partial charge in [0.2, 0.25) is 0 Å². The van der Waals surface area contributed by atoms with Gasteiger partial charge in [0, 0.05) is 40.9 Å². The fourth-order valence-electron chi connectivity index (χ4n) is 6.81. The van der Waals surface area contributed by atoms with Crippen LogP contribution in [0.25, 0.3) is 44.4 Å². The average molecular weight is 633 g/mol. The van der Waals surface area contributed by atoms with E-state index in [9.17, 15) is 0 Å². The van der Waals surface area contributed by atoms with Gasteiger partial charge < -0.3 is 4.74 Å². The number of pyridine rings is 1. The zero-order valence-electron chi connectivity index (χ0n) is 29.0. The Morgan fingerprint density at radius 2 is 1.44 bits per heavy atom. The van der Waals surface area contributed by atoms with E-state index in [1.165, 1.54) is 38.6 Å². The molecule has 0 aliphatic carbocycles. The molecule has 0 saturated heterocycles. The number of para-hydroxylation sites is 1. The summed E-state index contributed by atoms with van der Waals surface area (Å²) in [6, 6.07) is 32.3. The molecule has 0 atom stereocenters. The van der Waals surface area contributed by atoms with Crippen molar-refractivity contribution in [3.63, 3.8) is 0 Å². The molecule has 48 heavy (non-hydrogen) atoms. The summed E-state index contributed by atoms with van der Waals surface area (Å²) < 4.78 is 10.9. The van der Waals surface area contributed by atoms with Crippen molar-refractivity contribution in [3.05, 3.63) is 132 Å². The molecule has 0 amide bonds. The summed E-state index contributed by atoms with van der Waals surface area (Å²) in [5.74, 6) is 3.61. The fraction of sp³-hybridized carbons (Fsp3) is 0.256. The fourth-order valence-corrected chi connectivity index (χ4v) is 6.81. The van der Waals surface area contributed by atoms with Gasteiger partial charge in [-0.15, -0.1) is 0 Å². The highest BCUT2D eigenvalue weighted by atomic mass is 16.5. The molecule has 7 rings (SSSR count). The second-order valence-corrected chi connectivity index (χ2v) is 13.7. The van der Waals surface area contributed by atoms with Crippen LogP contribution in [0.3, 0.4) is 0 Å². The lowest BCUT2D eigenvalue weighted by Crippen LogP contribution is -2.00. The standard InChI is InChI=1S/C43H44N4O/c1-8-30-18-19-44-42(20-30)47-40-15-10-9-12-38(40)39-17-16-34(24-41(39)47)48-35-22-31(27(2)3)21-33(23-35)46-26-32(25-45-46)43-36(28(4)5)13-11-14-37(43)29(6)7/h9-29H,8H2,1-7H3. The van der Waals surface area contributed by atoms with Crippen molar-refractivity contribution in [1.29, 1.82) is 0 Å². The predicted molar refractivity (Wildman–Crippen MR) is 199 cm³/mol. The molecular weight excluding hydrogens is 589 g/mol. The van der Waals surface area contributed by atoms with Crippen molar-refractivity contribution in [1.82, 2.24) is 19.3 Å². The smallest absolute Gasteiger partial charge is 0.137 e. The first kappa shape index (κ1) is 31.4. The molecular formula is C43H44N4O. The minimum atomic E-state index is 0.318. The van der Waals surface area contributed by atoms with Gasteiger partial charge in [-0.25, -0.2) is 9.67 Å². The highest BCUT2D eigenvalue weighted by molar-refractivity contribution is 6.09. The molecule has 3 heterocycles. The van der Waals surface area contributed by atoms with Crippen molar-refractivity contribution in [2.24, 2.45) is 0 Å². The van der Waals surface area contributed by atoms with Crippen molar-refractivity contribution in [2.45, 2.75) is 72.6 Å². The van der Waals surface area contributed by atoms with Crippen molar-refractivity contribution < 1.29 is 4.74 Å². The van der Waals surface area contributed by atoms with Gasteiger partial charge in [0.15, 0.2) is 0 Å². The third-order valence-corrected chi connectivity index (χ3v) is 9.42. The van der Waals surface area contributed by atoms with Gasteiger partial charge in [-0.1, -0.05) is 84.9 Å². The topological polar surface area (TPSA) is 44.9 Å². The quantitative estimate of drug-likeness (QED) is 0.159.